The molecule has 1 heterocycles. The molecule has 0 aromatic carbocycles. The molecule has 0 aromatic heterocycles. The Balaban J connectivity index is 2.21. The van der Waals surface area contributed by atoms with Crippen molar-refractivity contribution >= 4 is 5.96 Å². The van der Waals surface area contributed by atoms with E-state index in [4.69, 9.17) is 9.47 Å². The number of ether oxygens (including phenoxy) is 2. The third kappa shape index (κ3) is 6.54. The molecule has 0 amide bonds. The summed E-state index contributed by atoms with van der Waals surface area (Å²) in [7, 11) is 3.56. The van der Waals surface area contributed by atoms with Gasteiger partial charge in [0.1, 0.15) is 0 Å². The molecule has 20 heavy (non-hydrogen) atoms. The highest BCUT2D eigenvalue weighted by Gasteiger charge is 2.23. The van der Waals surface area contributed by atoms with E-state index in [1.807, 2.05) is 6.92 Å². The van der Waals surface area contributed by atoms with Crippen molar-refractivity contribution in [3.05, 3.63) is 0 Å². The molecule has 1 atom stereocenters. The second-order valence-electron chi connectivity index (χ2n) is 4.90. The third-order valence-corrected chi connectivity index (χ3v) is 3.55. The molecule has 0 aromatic rings. The Labute approximate surface area is 122 Å². The summed E-state index contributed by atoms with van der Waals surface area (Å²) in [6.07, 6.45) is 2.51. The second kappa shape index (κ2) is 10.9. The smallest absolute Gasteiger partial charge is 0.191 e. The van der Waals surface area contributed by atoms with Crippen LogP contribution in [0, 0.1) is 0 Å². The number of aliphatic imine (C=N–C) groups is 1. The van der Waals surface area contributed by atoms with Crippen molar-refractivity contribution < 1.29 is 9.47 Å². The maximum atomic E-state index is 5.30. The normalized spacial score (nSPS) is 20.4. The number of nitrogens with one attached hydrogen (secondary N) is 2. The van der Waals surface area contributed by atoms with Gasteiger partial charge in [-0.05, 0) is 26.3 Å². The number of hydrogen-bond donors (Lipinski definition) is 2. The number of methoxy groups -OCH3 is 1. The molecule has 2 N–H and O–H groups in total. The van der Waals surface area contributed by atoms with Crippen molar-refractivity contribution in [3.63, 3.8) is 0 Å². The van der Waals surface area contributed by atoms with Crippen LogP contribution in [-0.2, 0) is 9.47 Å². The number of rotatable bonds is 9. The molecule has 6 heteroatoms. The largest absolute Gasteiger partial charge is 0.383 e. The minimum absolute atomic E-state index is 0.579. The van der Waals surface area contributed by atoms with Crippen molar-refractivity contribution in [2.75, 3.05) is 60.2 Å². The fraction of sp³-hybridized carbons (Fsp3) is 0.929. The lowest BCUT2D eigenvalue weighted by Gasteiger charge is -2.25. The summed E-state index contributed by atoms with van der Waals surface area (Å²) in [4.78, 5) is 6.72. The molecule has 0 spiro atoms. The zero-order valence-corrected chi connectivity index (χ0v) is 13.2. The molecule has 1 saturated heterocycles. The van der Waals surface area contributed by atoms with Crippen LogP contribution in [-0.4, -0.2) is 77.1 Å². The molecule has 1 fully saturated rings. The number of likely N-dealkylation sites (tertiary alicyclic amines) is 1. The van der Waals surface area contributed by atoms with Crippen LogP contribution in [0.1, 0.15) is 19.8 Å². The molecule has 1 unspecified atom stereocenters. The maximum Gasteiger partial charge on any atom is 0.191 e. The van der Waals surface area contributed by atoms with Crippen LogP contribution in [0.5, 0.6) is 0 Å². The van der Waals surface area contributed by atoms with Crippen molar-refractivity contribution in [1.82, 2.24) is 15.5 Å². The predicted octanol–water partition coefficient (Wildman–Crippen LogP) is 0.299. The fourth-order valence-corrected chi connectivity index (χ4v) is 2.45. The van der Waals surface area contributed by atoms with E-state index in [1.54, 1.807) is 14.2 Å². The summed E-state index contributed by atoms with van der Waals surface area (Å²) in [5.41, 5.74) is 0. The Kier molecular flexibility index (Phi) is 9.36. The van der Waals surface area contributed by atoms with Gasteiger partial charge >= 0.3 is 0 Å². The quantitative estimate of drug-likeness (QED) is 0.363. The summed E-state index contributed by atoms with van der Waals surface area (Å²) >= 11 is 0. The van der Waals surface area contributed by atoms with Crippen LogP contribution < -0.4 is 10.6 Å². The molecule has 1 aliphatic rings. The third-order valence-electron chi connectivity index (χ3n) is 3.55. The monoisotopic (exact) mass is 286 g/mol. The zero-order chi connectivity index (χ0) is 14.6. The van der Waals surface area contributed by atoms with E-state index in [9.17, 15) is 0 Å². The molecule has 0 radical (unpaired) electrons. The Morgan fingerprint density at radius 3 is 2.90 bits per heavy atom. The molecule has 118 valence electrons. The number of hydrogen-bond acceptors (Lipinski definition) is 4. The van der Waals surface area contributed by atoms with E-state index >= 15 is 0 Å². The summed E-state index contributed by atoms with van der Waals surface area (Å²) in [6, 6.07) is 0.579. The van der Waals surface area contributed by atoms with Gasteiger partial charge in [0.05, 0.1) is 13.2 Å². The van der Waals surface area contributed by atoms with Gasteiger partial charge in [0, 0.05) is 46.4 Å². The first kappa shape index (κ1) is 17.2. The molecule has 1 aliphatic heterocycles. The molecule has 0 saturated carbocycles. The maximum absolute atomic E-state index is 5.30. The lowest BCUT2D eigenvalue weighted by Crippen LogP contribution is -2.46. The van der Waals surface area contributed by atoms with E-state index < -0.39 is 0 Å². The molecule has 1 rings (SSSR count). The van der Waals surface area contributed by atoms with Crippen LogP contribution in [0.2, 0.25) is 0 Å². The van der Waals surface area contributed by atoms with Crippen molar-refractivity contribution in [2.45, 2.75) is 25.8 Å². The Morgan fingerprint density at radius 1 is 1.35 bits per heavy atom. The molecular weight excluding hydrogens is 256 g/mol. The average Bonchev–Trinajstić information content (AvgIpc) is 2.92. The highest BCUT2D eigenvalue weighted by Crippen LogP contribution is 2.15. The summed E-state index contributed by atoms with van der Waals surface area (Å²) in [5, 5.41) is 6.65. The van der Waals surface area contributed by atoms with Gasteiger partial charge in [-0.15, -0.1) is 0 Å². The van der Waals surface area contributed by atoms with Crippen LogP contribution >= 0.6 is 0 Å². The van der Waals surface area contributed by atoms with Crippen LogP contribution in [0.25, 0.3) is 0 Å². The van der Waals surface area contributed by atoms with E-state index in [2.05, 4.69) is 20.5 Å². The Bertz CT molecular complexity index is 274. The van der Waals surface area contributed by atoms with Gasteiger partial charge in [-0.3, -0.25) is 9.89 Å². The lowest BCUT2D eigenvalue weighted by molar-refractivity contribution is 0.141. The first-order valence-electron chi connectivity index (χ1n) is 7.57. The first-order valence-corrected chi connectivity index (χ1v) is 7.57. The molecule has 0 bridgehead atoms. The van der Waals surface area contributed by atoms with E-state index in [-0.39, 0.29) is 0 Å². The summed E-state index contributed by atoms with van der Waals surface area (Å²) in [6.45, 7) is 8.17. The van der Waals surface area contributed by atoms with E-state index in [0.29, 0.717) is 12.6 Å². The van der Waals surface area contributed by atoms with Gasteiger partial charge in [-0.25, -0.2) is 0 Å². The fourth-order valence-electron chi connectivity index (χ4n) is 2.45. The predicted molar refractivity (Wildman–Crippen MR) is 82.3 cm³/mol. The van der Waals surface area contributed by atoms with Crippen molar-refractivity contribution in [3.8, 4) is 0 Å². The summed E-state index contributed by atoms with van der Waals surface area (Å²) in [5.74, 6) is 0.850. The highest BCUT2D eigenvalue weighted by molar-refractivity contribution is 5.79. The first-order chi connectivity index (χ1) is 9.81. The van der Waals surface area contributed by atoms with Gasteiger partial charge in [-0.2, -0.15) is 0 Å². The Hall–Kier alpha value is -0.850. The Morgan fingerprint density at radius 2 is 2.20 bits per heavy atom. The highest BCUT2D eigenvalue weighted by atomic mass is 16.5. The van der Waals surface area contributed by atoms with Crippen LogP contribution in [0.3, 0.4) is 0 Å². The molecule has 0 aliphatic carbocycles. The zero-order valence-electron chi connectivity index (χ0n) is 13.2. The molecule has 6 nitrogen and oxygen atoms in total. The van der Waals surface area contributed by atoms with Gasteiger partial charge in [-0.1, -0.05) is 0 Å². The van der Waals surface area contributed by atoms with E-state index in [1.165, 1.54) is 19.4 Å². The van der Waals surface area contributed by atoms with Crippen LogP contribution in [0.15, 0.2) is 4.99 Å². The SMILES string of the molecule is CCOCCNC(=NC)NCC1CCCN1CCOC. The standard InChI is InChI=1S/C14H30N4O2/c1-4-20-10-7-16-14(15-2)17-12-13-6-5-8-18(13)9-11-19-3/h13H,4-12H2,1-3H3,(H2,15,16,17). The van der Waals surface area contributed by atoms with Gasteiger partial charge in [0.15, 0.2) is 5.96 Å². The van der Waals surface area contributed by atoms with Gasteiger partial charge in [0.25, 0.3) is 0 Å². The lowest BCUT2D eigenvalue weighted by atomic mass is 10.2. The van der Waals surface area contributed by atoms with E-state index in [0.717, 1.165) is 38.8 Å². The van der Waals surface area contributed by atoms with Crippen molar-refractivity contribution in [2.24, 2.45) is 4.99 Å². The summed E-state index contributed by atoms with van der Waals surface area (Å²) < 4.78 is 10.5. The number of nitrogens with zero attached hydrogens (tertiary/aromatic N) is 2. The second-order valence-corrected chi connectivity index (χ2v) is 4.90. The van der Waals surface area contributed by atoms with Crippen molar-refractivity contribution in [1.29, 1.82) is 0 Å². The minimum atomic E-state index is 0.579. The minimum Gasteiger partial charge on any atom is -0.383 e. The number of guanidine groups is 1. The van der Waals surface area contributed by atoms with Crippen LogP contribution in [0.4, 0.5) is 0 Å². The average molecular weight is 286 g/mol. The van der Waals surface area contributed by atoms with Gasteiger partial charge < -0.3 is 20.1 Å². The van der Waals surface area contributed by atoms with Gasteiger partial charge in [0.2, 0.25) is 0 Å². The topological polar surface area (TPSA) is 58.1 Å². The molecular formula is C14H30N4O2.